The van der Waals surface area contributed by atoms with E-state index in [9.17, 15) is 9.59 Å². The Morgan fingerprint density at radius 3 is 2.50 bits per heavy atom. The van der Waals surface area contributed by atoms with E-state index in [1.165, 1.54) is 11.1 Å². The molecule has 1 heterocycles. The Hall–Kier alpha value is -1.88. The summed E-state index contributed by atoms with van der Waals surface area (Å²) < 4.78 is 0. The largest absolute Gasteiger partial charge is 0.330 e. The zero-order valence-electron chi connectivity index (χ0n) is 15.0. The average Bonchev–Trinajstić information content (AvgIpc) is 2.83. The zero-order valence-corrected chi connectivity index (χ0v) is 15.0. The molecule has 1 aromatic carbocycles. The number of aryl methyl sites for hydroxylation is 2. The number of carbonyl (C=O) groups is 2. The quantitative estimate of drug-likeness (QED) is 0.621. The number of nitrogens with zero attached hydrogens (tertiary/aromatic N) is 1. The molecule has 1 aliphatic heterocycles. The maximum atomic E-state index is 12.9. The molecule has 2 rings (SSSR count). The Bertz CT molecular complexity index is 597. The highest BCUT2D eigenvalue weighted by Gasteiger charge is 2.46. The summed E-state index contributed by atoms with van der Waals surface area (Å²) in [7, 11) is 0. The molecule has 0 aliphatic carbocycles. The molecule has 0 spiro atoms. The van der Waals surface area contributed by atoms with E-state index >= 15 is 0 Å². The van der Waals surface area contributed by atoms with Crippen molar-refractivity contribution in [3.8, 4) is 0 Å². The third-order valence-electron chi connectivity index (χ3n) is 5.11. The molecule has 1 fully saturated rings. The summed E-state index contributed by atoms with van der Waals surface area (Å²) in [6, 6.07) is 7.75. The highest BCUT2D eigenvalue weighted by molar-refractivity contribution is 5.91. The zero-order chi connectivity index (χ0) is 17.9. The molecular weight excluding hydrogens is 304 g/mol. The van der Waals surface area contributed by atoms with E-state index in [2.05, 4.69) is 31.2 Å². The van der Waals surface area contributed by atoms with E-state index in [0.29, 0.717) is 6.54 Å². The number of rotatable bonds is 6. The fourth-order valence-electron chi connectivity index (χ4n) is 3.47. The van der Waals surface area contributed by atoms with Crippen LogP contribution in [0, 0.1) is 18.3 Å². The molecule has 0 bridgehead atoms. The van der Waals surface area contributed by atoms with Gasteiger partial charge in [0.25, 0.3) is 5.91 Å². The van der Waals surface area contributed by atoms with Crippen molar-refractivity contribution in [2.24, 2.45) is 11.3 Å². The molecule has 2 amide bonds. The number of nitrogens with one attached hydrogen (secondary N) is 1. The summed E-state index contributed by atoms with van der Waals surface area (Å²) >= 11 is 0. The van der Waals surface area contributed by atoms with Gasteiger partial charge in [-0.05, 0) is 37.7 Å². The van der Waals surface area contributed by atoms with Crippen molar-refractivity contribution in [1.82, 2.24) is 10.4 Å². The Morgan fingerprint density at radius 1 is 1.33 bits per heavy atom. The van der Waals surface area contributed by atoms with Crippen molar-refractivity contribution in [2.45, 2.75) is 53.0 Å². The predicted octanol–water partition coefficient (Wildman–Crippen LogP) is 2.70. The molecule has 24 heavy (non-hydrogen) atoms. The lowest BCUT2D eigenvalue weighted by Gasteiger charge is -2.31. The SMILES string of the molecule is Cc1ccc(CCC2(C)CCN([C@@H](C(=O)NO)C(C)C)C2=O)cc1. The van der Waals surface area contributed by atoms with Crippen molar-refractivity contribution in [3.05, 3.63) is 35.4 Å². The van der Waals surface area contributed by atoms with E-state index < -0.39 is 17.4 Å². The Balaban J connectivity index is 2.08. The van der Waals surface area contributed by atoms with E-state index in [0.717, 1.165) is 19.3 Å². The van der Waals surface area contributed by atoms with Crippen LogP contribution in [-0.4, -0.2) is 34.5 Å². The van der Waals surface area contributed by atoms with E-state index in [1.807, 2.05) is 20.8 Å². The first kappa shape index (κ1) is 18.5. The molecule has 0 aromatic heterocycles. The minimum Gasteiger partial charge on any atom is -0.330 e. The fraction of sp³-hybridized carbons (Fsp3) is 0.579. The van der Waals surface area contributed by atoms with Crippen LogP contribution in [0.4, 0.5) is 0 Å². The summed E-state index contributed by atoms with van der Waals surface area (Å²) in [4.78, 5) is 26.5. The first-order valence-electron chi connectivity index (χ1n) is 8.59. The van der Waals surface area contributed by atoms with E-state index in [-0.39, 0.29) is 11.8 Å². The first-order valence-corrected chi connectivity index (χ1v) is 8.59. The van der Waals surface area contributed by atoms with Crippen molar-refractivity contribution in [1.29, 1.82) is 0 Å². The Morgan fingerprint density at radius 2 is 1.96 bits per heavy atom. The predicted molar refractivity (Wildman–Crippen MR) is 92.5 cm³/mol. The molecule has 0 saturated carbocycles. The lowest BCUT2D eigenvalue weighted by molar-refractivity contribution is -0.147. The maximum absolute atomic E-state index is 12.9. The number of hydroxylamine groups is 1. The minimum absolute atomic E-state index is 0.0110. The fourth-order valence-corrected chi connectivity index (χ4v) is 3.47. The van der Waals surface area contributed by atoms with Crippen molar-refractivity contribution in [3.63, 3.8) is 0 Å². The molecule has 2 atom stereocenters. The van der Waals surface area contributed by atoms with Crippen molar-refractivity contribution in [2.75, 3.05) is 6.54 Å². The molecule has 2 N–H and O–H groups in total. The smallest absolute Gasteiger partial charge is 0.266 e. The molecule has 1 unspecified atom stereocenters. The maximum Gasteiger partial charge on any atom is 0.266 e. The van der Waals surface area contributed by atoms with Gasteiger partial charge in [0, 0.05) is 12.0 Å². The van der Waals surface area contributed by atoms with Crippen LogP contribution in [0.1, 0.15) is 44.7 Å². The summed E-state index contributed by atoms with van der Waals surface area (Å²) in [5.41, 5.74) is 3.70. The van der Waals surface area contributed by atoms with Crippen LogP contribution in [0.25, 0.3) is 0 Å². The first-order chi connectivity index (χ1) is 11.3. The van der Waals surface area contributed by atoms with Crippen LogP contribution < -0.4 is 5.48 Å². The third kappa shape index (κ3) is 3.78. The summed E-state index contributed by atoms with van der Waals surface area (Å²) in [5.74, 6) is -0.557. The van der Waals surface area contributed by atoms with Crippen LogP contribution in [0.3, 0.4) is 0 Å². The van der Waals surface area contributed by atoms with Crippen molar-refractivity contribution < 1.29 is 14.8 Å². The molecule has 1 saturated heterocycles. The Labute approximate surface area is 144 Å². The molecule has 132 valence electrons. The minimum atomic E-state index is -0.622. The number of hydrogen-bond donors (Lipinski definition) is 2. The lowest BCUT2D eigenvalue weighted by atomic mass is 9.82. The number of likely N-dealkylation sites (tertiary alicyclic amines) is 1. The molecule has 5 heteroatoms. The second-order valence-electron chi connectivity index (χ2n) is 7.46. The van der Waals surface area contributed by atoms with Gasteiger partial charge in [-0.15, -0.1) is 0 Å². The number of carbonyl (C=O) groups excluding carboxylic acids is 2. The van der Waals surface area contributed by atoms with Gasteiger partial charge in [0.2, 0.25) is 5.91 Å². The van der Waals surface area contributed by atoms with Gasteiger partial charge in [0.1, 0.15) is 6.04 Å². The lowest BCUT2D eigenvalue weighted by Crippen LogP contribution is -2.51. The summed E-state index contributed by atoms with van der Waals surface area (Å²) in [6.07, 6.45) is 2.34. The molecule has 5 nitrogen and oxygen atoms in total. The molecule has 1 aromatic rings. The summed E-state index contributed by atoms with van der Waals surface area (Å²) in [5, 5.41) is 8.97. The van der Waals surface area contributed by atoms with E-state index in [4.69, 9.17) is 5.21 Å². The van der Waals surface area contributed by atoms with Gasteiger partial charge in [0.05, 0.1) is 0 Å². The summed E-state index contributed by atoms with van der Waals surface area (Å²) in [6.45, 7) is 8.36. The highest BCUT2D eigenvalue weighted by Crippen LogP contribution is 2.38. The molecule has 1 aliphatic rings. The Kier molecular flexibility index (Phi) is 5.65. The number of amides is 2. The normalized spacial score (nSPS) is 22.1. The third-order valence-corrected chi connectivity index (χ3v) is 5.11. The van der Waals surface area contributed by atoms with Gasteiger partial charge < -0.3 is 4.90 Å². The number of hydrogen-bond acceptors (Lipinski definition) is 3. The van der Waals surface area contributed by atoms with Gasteiger partial charge in [-0.3, -0.25) is 14.8 Å². The molecule has 0 radical (unpaired) electrons. The van der Waals surface area contributed by atoms with Gasteiger partial charge in [0.15, 0.2) is 0 Å². The van der Waals surface area contributed by atoms with Crippen LogP contribution in [0.2, 0.25) is 0 Å². The topological polar surface area (TPSA) is 69.6 Å². The standard InChI is InChI=1S/C19H28N2O3/c1-13(2)16(17(22)20-24)21-12-11-19(4,18(21)23)10-9-15-7-5-14(3)6-8-15/h5-8,13,16,24H,9-12H2,1-4H3,(H,20,22)/t16-,19?/m1/s1. The monoisotopic (exact) mass is 332 g/mol. The van der Waals surface area contributed by atoms with Crippen LogP contribution in [-0.2, 0) is 16.0 Å². The van der Waals surface area contributed by atoms with Crippen LogP contribution in [0.5, 0.6) is 0 Å². The van der Waals surface area contributed by atoms with Gasteiger partial charge in [-0.2, -0.15) is 0 Å². The second kappa shape index (κ2) is 7.34. The molecular formula is C19H28N2O3. The van der Waals surface area contributed by atoms with Crippen LogP contribution in [0.15, 0.2) is 24.3 Å². The van der Waals surface area contributed by atoms with E-state index in [1.54, 1.807) is 10.4 Å². The van der Waals surface area contributed by atoms with Gasteiger partial charge in [-0.25, -0.2) is 5.48 Å². The average molecular weight is 332 g/mol. The van der Waals surface area contributed by atoms with Gasteiger partial charge in [-0.1, -0.05) is 50.6 Å². The number of benzene rings is 1. The van der Waals surface area contributed by atoms with Crippen LogP contribution >= 0.6 is 0 Å². The van der Waals surface area contributed by atoms with Crippen molar-refractivity contribution >= 4 is 11.8 Å². The highest BCUT2D eigenvalue weighted by atomic mass is 16.5. The second-order valence-corrected chi connectivity index (χ2v) is 7.46. The van der Waals surface area contributed by atoms with Gasteiger partial charge >= 0.3 is 0 Å².